The second-order valence-corrected chi connectivity index (χ2v) is 4.77. The van der Waals surface area contributed by atoms with Crippen LogP contribution in [-0.4, -0.2) is 51.7 Å². The molecule has 5 nitrogen and oxygen atoms in total. The van der Waals surface area contributed by atoms with Crippen LogP contribution < -0.4 is 9.47 Å². The van der Waals surface area contributed by atoms with Crippen molar-refractivity contribution in [2.45, 2.75) is 18.9 Å². The number of ether oxygens (including phenoxy) is 3. The third-order valence-electron chi connectivity index (χ3n) is 3.47. The summed E-state index contributed by atoms with van der Waals surface area (Å²) in [6, 6.07) is 6.16. The highest BCUT2D eigenvalue weighted by Gasteiger charge is 2.22. The fourth-order valence-corrected chi connectivity index (χ4v) is 2.41. The smallest absolute Gasteiger partial charge is 0.161 e. The molecule has 1 atom stereocenters. The normalized spacial score (nSPS) is 18.8. The second-order valence-electron chi connectivity index (χ2n) is 4.77. The van der Waals surface area contributed by atoms with E-state index in [1.54, 1.807) is 21.3 Å². The van der Waals surface area contributed by atoms with E-state index in [0.29, 0.717) is 11.8 Å². The fraction of sp³-hybridized carbons (Fsp3) is 0.533. The van der Waals surface area contributed by atoms with Crippen molar-refractivity contribution in [2.24, 2.45) is 5.10 Å². The van der Waals surface area contributed by atoms with E-state index in [0.717, 1.165) is 37.3 Å². The molecule has 5 heteroatoms. The van der Waals surface area contributed by atoms with E-state index in [1.165, 1.54) is 0 Å². The first-order valence-electron chi connectivity index (χ1n) is 6.80. The summed E-state index contributed by atoms with van der Waals surface area (Å²) in [4.78, 5) is 0. The van der Waals surface area contributed by atoms with E-state index < -0.39 is 0 Å². The summed E-state index contributed by atoms with van der Waals surface area (Å²) in [7, 11) is 4.99. The van der Waals surface area contributed by atoms with Crippen LogP contribution in [0.1, 0.15) is 18.4 Å². The molecule has 1 aliphatic heterocycles. The molecule has 1 aromatic rings. The van der Waals surface area contributed by atoms with Gasteiger partial charge < -0.3 is 14.2 Å². The van der Waals surface area contributed by atoms with Crippen LogP contribution in [0.15, 0.2) is 23.3 Å². The highest BCUT2D eigenvalue weighted by atomic mass is 16.5. The predicted octanol–water partition coefficient (Wildman–Crippen LogP) is 2.15. The third-order valence-corrected chi connectivity index (χ3v) is 3.47. The van der Waals surface area contributed by atoms with E-state index in [9.17, 15) is 0 Å². The molecule has 1 heterocycles. The van der Waals surface area contributed by atoms with Crippen LogP contribution in [0.3, 0.4) is 0 Å². The molecule has 1 saturated heterocycles. The van der Waals surface area contributed by atoms with E-state index in [-0.39, 0.29) is 0 Å². The summed E-state index contributed by atoms with van der Waals surface area (Å²) >= 11 is 0. The fourth-order valence-electron chi connectivity index (χ4n) is 2.41. The Labute approximate surface area is 120 Å². The van der Waals surface area contributed by atoms with Gasteiger partial charge in [-0.05, 0) is 36.6 Å². The molecule has 110 valence electrons. The van der Waals surface area contributed by atoms with Gasteiger partial charge in [-0.25, -0.2) is 0 Å². The van der Waals surface area contributed by atoms with Gasteiger partial charge in [0.15, 0.2) is 11.5 Å². The average molecular weight is 278 g/mol. The first-order chi connectivity index (χ1) is 9.78. The van der Waals surface area contributed by atoms with Gasteiger partial charge >= 0.3 is 0 Å². The molecule has 1 aliphatic rings. The van der Waals surface area contributed by atoms with Crippen molar-refractivity contribution >= 4 is 6.21 Å². The molecular weight excluding hydrogens is 256 g/mol. The molecule has 0 N–H and O–H groups in total. The minimum absolute atomic E-state index is 0.386. The molecule has 2 rings (SSSR count). The van der Waals surface area contributed by atoms with Crippen LogP contribution in [0, 0.1) is 0 Å². The summed E-state index contributed by atoms with van der Waals surface area (Å²) in [5.74, 6) is 1.44. The lowest BCUT2D eigenvalue weighted by atomic mass is 10.2. The number of nitrogens with zero attached hydrogens (tertiary/aromatic N) is 2. The van der Waals surface area contributed by atoms with Gasteiger partial charge in [-0.15, -0.1) is 0 Å². The number of hydrazone groups is 1. The van der Waals surface area contributed by atoms with Gasteiger partial charge in [-0.3, -0.25) is 5.01 Å². The quantitative estimate of drug-likeness (QED) is 0.748. The Bertz CT molecular complexity index is 462. The van der Waals surface area contributed by atoms with Crippen LogP contribution in [0.4, 0.5) is 0 Å². The van der Waals surface area contributed by atoms with Crippen molar-refractivity contribution in [1.82, 2.24) is 5.01 Å². The van der Waals surface area contributed by atoms with Gasteiger partial charge in [-0.1, -0.05) is 0 Å². The van der Waals surface area contributed by atoms with Gasteiger partial charge in [0.05, 0.1) is 33.1 Å². The SMILES string of the molecule is COC[C@H]1CCCN1/N=C/c1ccc(OC)c(OC)c1. The van der Waals surface area contributed by atoms with Crippen molar-refractivity contribution in [3.8, 4) is 11.5 Å². The van der Waals surface area contributed by atoms with Gasteiger partial charge in [0.1, 0.15) is 0 Å². The number of hydrogen-bond donors (Lipinski definition) is 0. The molecule has 0 unspecified atom stereocenters. The number of benzene rings is 1. The zero-order valence-electron chi connectivity index (χ0n) is 12.3. The van der Waals surface area contributed by atoms with Crippen LogP contribution in [0.5, 0.6) is 11.5 Å². The predicted molar refractivity (Wildman–Crippen MR) is 78.7 cm³/mol. The lowest BCUT2D eigenvalue weighted by molar-refractivity contribution is 0.118. The van der Waals surface area contributed by atoms with E-state index in [4.69, 9.17) is 14.2 Å². The Kier molecular flexibility index (Phi) is 5.24. The van der Waals surface area contributed by atoms with Gasteiger partial charge in [0.2, 0.25) is 0 Å². The monoisotopic (exact) mass is 278 g/mol. The maximum Gasteiger partial charge on any atom is 0.161 e. The zero-order chi connectivity index (χ0) is 14.4. The molecule has 1 fully saturated rings. The van der Waals surface area contributed by atoms with Gasteiger partial charge in [-0.2, -0.15) is 5.10 Å². The molecule has 0 radical (unpaired) electrons. The van der Waals surface area contributed by atoms with Gasteiger partial charge in [0, 0.05) is 13.7 Å². The highest BCUT2D eigenvalue weighted by Crippen LogP contribution is 2.27. The lowest BCUT2D eigenvalue weighted by Gasteiger charge is -2.20. The van der Waals surface area contributed by atoms with Crippen LogP contribution in [-0.2, 0) is 4.74 Å². The Balaban J connectivity index is 2.07. The van der Waals surface area contributed by atoms with Crippen molar-refractivity contribution in [3.63, 3.8) is 0 Å². The standard InChI is InChI=1S/C15H22N2O3/c1-18-11-13-5-4-8-17(13)16-10-12-6-7-14(19-2)15(9-12)20-3/h6-7,9-10,13H,4-5,8,11H2,1-3H3/b16-10+/t13-/m1/s1. The molecule has 1 aromatic carbocycles. The van der Waals surface area contributed by atoms with Crippen molar-refractivity contribution in [2.75, 3.05) is 34.5 Å². The lowest BCUT2D eigenvalue weighted by Crippen LogP contribution is -2.28. The molecule has 0 spiro atoms. The van der Waals surface area contributed by atoms with E-state index in [2.05, 4.69) is 10.1 Å². The molecule has 0 bridgehead atoms. The summed E-state index contributed by atoms with van der Waals surface area (Å²) < 4.78 is 15.7. The van der Waals surface area contributed by atoms with E-state index >= 15 is 0 Å². The van der Waals surface area contributed by atoms with Gasteiger partial charge in [0.25, 0.3) is 0 Å². The summed E-state index contributed by atoms with van der Waals surface area (Å²) in [6.07, 6.45) is 4.16. The zero-order valence-corrected chi connectivity index (χ0v) is 12.3. The molecule has 20 heavy (non-hydrogen) atoms. The van der Waals surface area contributed by atoms with Crippen LogP contribution in [0.25, 0.3) is 0 Å². The Morgan fingerprint density at radius 2 is 2.05 bits per heavy atom. The molecule has 0 aliphatic carbocycles. The maximum absolute atomic E-state index is 5.29. The summed E-state index contributed by atoms with van der Waals surface area (Å²) in [6.45, 7) is 1.71. The van der Waals surface area contributed by atoms with Crippen molar-refractivity contribution in [3.05, 3.63) is 23.8 Å². The minimum atomic E-state index is 0.386. The van der Waals surface area contributed by atoms with Crippen molar-refractivity contribution < 1.29 is 14.2 Å². The average Bonchev–Trinajstić information content (AvgIpc) is 2.92. The Morgan fingerprint density at radius 1 is 1.25 bits per heavy atom. The third kappa shape index (κ3) is 3.42. The van der Waals surface area contributed by atoms with Crippen LogP contribution in [0.2, 0.25) is 0 Å². The Hall–Kier alpha value is -1.75. The summed E-state index contributed by atoms with van der Waals surface area (Å²) in [5.41, 5.74) is 0.991. The second kappa shape index (κ2) is 7.14. The van der Waals surface area contributed by atoms with Crippen molar-refractivity contribution in [1.29, 1.82) is 0 Å². The first-order valence-corrected chi connectivity index (χ1v) is 6.80. The summed E-state index contributed by atoms with van der Waals surface area (Å²) in [5, 5.41) is 6.65. The molecular formula is C15H22N2O3. The molecule has 0 saturated carbocycles. The number of methoxy groups -OCH3 is 3. The largest absolute Gasteiger partial charge is 0.493 e. The molecule has 0 amide bonds. The molecule has 0 aromatic heterocycles. The topological polar surface area (TPSA) is 43.3 Å². The first kappa shape index (κ1) is 14.7. The highest BCUT2D eigenvalue weighted by molar-refractivity contribution is 5.80. The minimum Gasteiger partial charge on any atom is -0.493 e. The van der Waals surface area contributed by atoms with E-state index in [1.807, 2.05) is 24.4 Å². The number of rotatable bonds is 6. The number of hydrogen-bond acceptors (Lipinski definition) is 5. The Morgan fingerprint density at radius 3 is 2.75 bits per heavy atom. The maximum atomic E-state index is 5.29. The van der Waals surface area contributed by atoms with Crippen LogP contribution >= 0.6 is 0 Å².